The minimum Gasteiger partial charge on any atom is -0.311 e. The van der Waals surface area contributed by atoms with E-state index in [0.717, 1.165) is 12.1 Å². The summed E-state index contributed by atoms with van der Waals surface area (Å²) in [6.07, 6.45) is 6.66. The van der Waals surface area contributed by atoms with Crippen LogP contribution in [0.5, 0.6) is 0 Å². The third kappa shape index (κ3) is 2.46. The quantitative estimate of drug-likeness (QED) is 0.838. The Morgan fingerprint density at radius 1 is 1.44 bits per heavy atom. The molecule has 4 nitrogen and oxygen atoms in total. The molecule has 0 amide bonds. The number of nitrogens with one attached hydrogen (secondary N) is 1. The molecule has 0 radical (unpaired) electrons. The van der Waals surface area contributed by atoms with Gasteiger partial charge in [0.25, 0.3) is 0 Å². The molecular formula is C12H16N4. The second kappa shape index (κ2) is 4.90. The largest absolute Gasteiger partial charge is 0.311 e. The molecule has 2 aromatic rings. The van der Waals surface area contributed by atoms with Gasteiger partial charge in [0, 0.05) is 19.4 Å². The molecule has 1 unspecified atom stereocenters. The van der Waals surface area contributed by atoms with Crippen LogP contribution in [0.1, 0.15) is 17.3 Å². The van der Waals surface area contributed by atoms with E-state index in [9.17, 15) is 0 Å². The molecule has 0 aromatic carbocycles. The molecule has 4 heteroatoms. The number of rotatable bonds is 4. The van der Waals surface area contributed by atoms with E-state index < -0.39 is 0 Å². The van der Waals surface area contributed by atoms with Gasteiger partial charge >= 0.3 is 0 Å². The van der Waals surface area contributed by atoms with E-state index in [-0.39, 0.29) is 6.04 Å². The second-order valence-electron chi connectivity index (χ2n) is 3.82. The number of likely N-dealkylation sites (N-methyl/N-ethyl adjacent to an activating group) is 1. The number of hydrogen-bond acceptors (Lipinski definition) is 3. The van der Waals surface area contributed by atoms with Crippen molar-refractivity contribution >= 4 is 0 Å². The molecule has 1 atom stereocenters. The van der Waals surface area contributed by atoms with Crippen LogP contribution >= 0.6 is 0 Å². The zero-order valence-electron chi connectivity index (χ0n) is 9.59. The number of pyridine rings is 1. The molecule has 0 aliphatic carbocycles. The van der Waals surface area contributed by atoms with Gasteiger partial charge in [0.15, 0.2) is 0 Å². The first-order valence-electron chi connectivity index (χ1n) is 5.35. The lowest BCUT2D eigenvalue weighted by Crippen LogP contribution is -2.19. The number of nitrogens with zero attached hydrogens (tertiary/aromatic N) is 3. The maximum atomic E-state index is 4.36. The van der Waals surface area contributed by atoms with Crippen LogP contribution < -0.4 is 5.32 Å². The Bertz CT molecular complexity index is 435. The highest BCUT2D eigenvalue weighted by Gasteiger charge is 2.11. The summed E-state index contributed by atoms with van der Waals surface area (Å²) < 4.78 is 1.82. The first-order chi connectivity index (χ1) is 7.79. The van der Waals surface area contributed by atoms with Crippen LogP contribution in [-0.2, 0) is 13.5 Å². The molecule has 0 spiro atoms. The van der Waals surface area contributed by atoms with E-state index >= 15 is 0 Å². The summed E-state index contributed by atoms with van der Waals surface area (Å²) >= 11 is 0. The summed E-state index contributed by atoms with van der Waals surface area (Å²) in [6.45, 7) is 0. The highest BCUT2D eigenvalue weighted by molar-refractivity contribution is 5.14. The molecule has 16 heavy (non-hydrogen) atoms. The normalized spacial score (nSPS) is 12.6. The standard InChI is InChI=1S/C12H16N4/c1-13-12(11-5-3-4-6-14-11)7-10-8-15-16(2)9-10/h3-6,8-9,12-13H,7H2,1-2H3. The first-order valence-corrected chi connectivity index (χ1v) is 5.35. The molecule has 2 rings (SSSR count). The third-order valence-electron chi connectivity index (χ3n) is 2.59. The topological polar surface area (TPSA) is 42.7 Å². The Balaban J connectivity index is 2.12. The summed E-state index contributed by atoms with van der Waals surface area (Å²) in [4.78, 5) is 4.36. The van der Waals surface area contributed by atoms with Gasteiger partial charge in [-0.15, -0.1) is 0 Å². The predicted octanol–water partition coefficient (Wildman–Crippen LogP) is 1.32. The molecule has 0 saturated heterocycles. The van der Waals surface area contributed by atoms with Crippen LogP contribution in [-0.4, -0.2) is 21.8 Å². The highest BCUT2D eigenvalue weighted by atomic mass is 15.2. The second-order valence-corrected chi connectivity index (χ2v) is 3.82. The van der Waals surface area contributed by atoms with Crippen LogP contribution in [0, 0.1) is 0 Å². The van der Waals surface area contributed by atoms with Crippen molar-refractivity contribution in [3.8, 4) is 0 Å². The van der Waals surface area contributed by atoms with Gasteiger partial charge in [-0.25, -0.2) is 0 Å². The van der Waals surface area contributed by atoms with Gasteiger partial charge in [-0.3, -0.25) is 9.67 Å². The summed E-state index contributed by atoms with van der Waals surface area (Å²) in [5.41, 5.74) is 2.28. The Morgan fingerprint density at radius 3 is 2.88 bits per heavy atom. The van der Waals surface area contributed by atoms with Gasteiger partial charge in [0.2, 0.25) is 0 Å². The summed E-state index contributed by atoms with van der Waals surface area (Å²) in [6, 6.07) is 6.22. The fourth-order valence-corrected chi connectivity index (χ4v) is 1.75. The third-order valence-corrected chi connectivity index (χ3v) is 2.59. The van der Waals surface area contributed by atoms with Gasteiger partial charge in [-0.1, -0.05) is 6.07 Å². The van der Waals surface area contributed by atoms with Crippen molar-refractivity contribution < 1.29 is 0 Å². The van der Waals surface area contributed by atoms with Crippen molar-refractivity contribution in [1.82, 2.24) is 20.1 Å². The van der Waals surface area contributed by atoms with Gasteiger partial charge in [-0.05, 0) is 31.2 Å². The summed E-state index contributed by atoms with van der Waals surface area (Å²) in [5.74, 6) is 0. The molecule has 84 valence electrons. The van der Waals surface area contributed by atoms with Gasteiger partial charge in [-0.2, -0.15) is 5.10 Å². The summed E-state index contributed by atoms with van der Waals surface area (Å²) in [7, 11) is 3.88. The Labute approximate surface area is 95.3 Å². The monoisotopic (exact) mass is 216 g/mol. The summed E-state index contributed by atoms with van der Waals surface area (Å²) in [5, 5.41) is 7.44. The van der Waals surface area contributed by atoms with Crippen LogP contribution in [0.2, 0.25) is 0 Å². The maximum Gasteiger partial charge on any atom is 0.0576 e. The maximum absolute atomic E-state index is 4.36. The Kier molecular flexibility index (Phi) is 3.31. The predicted molar refractivity (Wildman–Crippen MR) is 62.9 cm³/mol. The minimum absolute atomic E-state index is 0.241. The Hall–Kier alpha value is -1.68. The molecule has 0 aliphatic rings. The first kappa shape index (κ1) is 10.8. The smallest absolute Gasteiger partial charge is 0.0576 e. The van der Waals surface area contributed by atoms with Gasteiger partial charge < -0.3 is 5.32 Å². The van der Waals surface area contributed by atoms with E-state index in [1.807, 2.05) is 55.6 Å². The SMILES string of the molecule is CNC(Cc1cnn(C)c1)c1ccccn1. The van der Waals surface area contributed by atoms with Crippen molar-refractivity contribution in [2.45, 2.75) is 12.5 Å². The number of aromatic nitrogens is 3. The van der Waals surface area contributed by atoms with Crippen molar-refractivity contribution in [2.75, 3.05) is 7.05 Å². The van der Waals surface area contributed by atoms with Crippen molar-refractivity contribution in [2.24, 2.45) is 7.05 Å². The fraction of sp³-hybridized carbons (Fsp3) is 0.333. The zero-order chi connectivity index (χ0) is 11.4. The molecule has 0 aliphatic heterocycles. The van der Waals surface area contributed by atoms with Crippen molar-refractivity contribution in [1.29, 1.82) is 0 Å². The van der Waals surface area contributed by atoms with E-state index in [2.05, 4.69) is 15.4 Å². The zero-order valence-corrected chi connectivity index (χ0v) is 9.59. The molecule has 2 aromatic heterocycles. The molecule has 2 heterocycles. The average molecular weight is 216 g/mol. The molecule has 0 saturated carbocycles. The van der Waals surface area contributed by atoms with Crippen LogP contribution in [0.3, 0.4) is 0 Å². The molecule has 1 N–H and O–H groups in total. The highest BCUT2D eigenvalue weighted by Crippen LogP contribution is 2.15. The van der Waals surface area contributed by atoms with E-state index in [0.29, 0.717) is 0 Å². The number of aryl methyl sites for hydroxylation is 1. The molecule has 0 fully saturated rings. The van der Waals surface area contributed by atoms with Crippen LogP contribution in [0.25, 0.3) is 0 Å². The minimum atomic E-state index is 0.241. The van der Waals surface area contributed by atoms with E-state index in [4.69, 9.17) is 0 Å². The van der Waals surface area contributed by atoms with Crippen molar-refractivity contribution in [3.63, 3.8) is 0 Å². The van der Waals surface area contributed by atoms with Crippen molar-refractivity contribution in [3.05, 3.63) is 48.0 Å². The molecule has 0 bridgehead atoms. The van der Waals surface area contributed by atoms with Crippen LogP contribution in [0.15, 0.2) is 36.8 Å². The lowest BCUT2D eigenvalue weighted by Gasteiger charge is -2.14. The van der Waals surface area contributed by atoms with Gasteiger partial charge in [0.1, 0.15) is 0 Å². The van der Waals surface area contributed by atoms with Crippen LogP contribution in [0.4, 0.5) is 0 Å². The fourth-order valence-electron chi connectivity index (χ4n) is 1.75. The number of hydrogen-bond donors (Lipinski definition) is 1. The van der Waals surface area contributed by atoms with Gasteiger partial charge in [0.05, 0.1) is 17.9 Å². The Morgan fingerprint density at radius 2 is 2.31 bits per heavy atom. The lowest BCUT2D eigenvalue weighted by molar-refractivity contribution is 0.575. The lowest BCUT2D eigenvalue weighted by atomic mass is 10.1. The van der Waals surface area contributed by atoms with E-state index in [1.165, 1.54) is 5.56 Å². The average Bonchev–Trinajstić information content (AvgIpc) is 2.73. The van der Waals surface area contributed by atoms with E-state index in [1.54, 1.807) is 0 Å². The molecular weight excluding hydrogens is 200 g/mol.